The third-order valence-electron chi connectivity index (χ3n) is 4.78. The number of ether oxygens (including phenoxy) is 3. The maximum Gasteiger partial charge on any atom is 0.317 e. The smallest absolute Gasteiger partial charge is 0.317 e. The summed E-state index contributed by atoms with van der Waals surface area (Å²) in [4.78, 5) is 23.0. The van der Waals surface area contributed by atoms with Crippen molar-refractivity contribution in [1.29, 1.82) is 0 Å². The number of urea groups is 1. The van der Waals surface area contributed by atoms with Gasteiger partial charge in [0.15, 0.2) is 11.5 Å². The van der Waals surface area contributed by atoms with Crippen LogP contribution in [0.1, 0.15) is 29.9 Å². The zero-order valence-corrected chi connectivity index (χ0v) is 16.1. The number of aryl methyl sites for hydroxylation is 2. The van der Waals surface area contributed by atoms with Crippen molar-refractivity contribution in [3.63, 3.8) is 0 Å². The summed E-state index contributed by atoms with van der Waals surface area (Å²) in [7, 11) is 0. The Kier molecular flexibility index (Phi) is 5.18. The molecule has 1 saturated heterocycles. The summed E-state index contributed by atoms with van der Waals surface area (Å²) in [6.07, 6.45) is 1.72. The van der Waals surface area contributed by atoms with Gasteiger partial charge in [0.2, 0.25) is 12.7 Å². The van der Waals surface area contributed by atoms with Crippen molar-refractivity contribution in [3.8, 4) is 17.4 Å². The van der Waals surface area contributed by atoms with Crippen molar-refractivity contribution < 1.29 is 19.0 Å². The van der Waals surface area contributed by atoms with Crippen LogP contribution in [0, 0.1) is 13.8 Å². The number of hydrogen-bond acceptors (Lipinski definition) is 6. The van der Waals surface area contributed by atoms with Crippen LogP contribution in [-0.4, -0.2) is 46.9 Å². The van der Waals surface area contributed by atoms with E-state index in [0.29, 0.717) is 37.1 Å². The lowest BCUT2D eigenvalue weighted by atomic mass is 10.1. The molecule has 4 rings (SSSR count). The molecule has 0 radical (unpaired) electrons. The molecule has 148 valence electrons. The molecule has 8 heteroatoms. The van der Waals surface area contributed by atoms with E-state index in [2.05, 4.69) is 15.3 Å². The Bertz CT molecular complexity index is 853. The lowest BCUT2D eigenvalue weighted by Gasteiger charge is -2.32. The molecule has 0 unspecified atom stereocenters. The predicted octanol–water partition coefficient (Wildman–Crippen LogP) is 2.58. The molecule has 1 atom stereocenters. The van der Waals surface area contributed by atoms with Gasteiger partial charge in [-0.3, -0.25) is 0 Å². The number of benzene rings is 1. The van der Waals surface area contributed by atoms with Gasteiger partial charge in [0.25, 0.3) is 0 Å². The number of fused-ring (bicyclic) bond motifs is 1. The first-order chi connectivity index (χ1) is 13.6. The van der Waals surface area contributed by atoms with Gasteiger partial charge in [-0.1, -0.05) is 6.07 Å². The van der Waals surface area contributed by atoms with Gasteiger partial charge in [-0.25, -0.2) is 9.78 Å². The third kappa shape index (κ3) is 4.27. The van der Waals surface area contributed by atoms with Gasteiger partial charge in [-0.2, -0.15) is 4.98 Å². The highest BCUT2D eigenvalue weighted by atomic mass is 16.7. The topological polar surface area (TPSA) is 85.8 Å². The zero-order valence-electron chi connectivity index (χ0n) is 16.1. The molecular weight excluding hydrogens is 360 g/mol. The number of rotatable bonds is 4. The molecule has 28 heavy (non-hydrogen) atoms. The molecule has 0 bridgehead atoms. The monoisotopic (exact) mass is 384 g/mol. The molecule has 1 fully saturated rings. The first-order valence-electron chi connectivity index (χ1n) is 9.47. The van der Waals surface area contributed by atoms with E-state index in [1.165, 1.54) is 0 Å². The Hall–Kier alpha value is -3.03. The minimum Gasteiger partial charge on any atom is -0.472 e. The Morgan fingerprint density at radius 3 is 2.96 bits per heavy atom. The highest BCUT2D eigenvalue weighted by Gasteiger charge is 2.25. The second-order valence-electron chi connectivity index (χ2n) is 7.07. The minimum absolute atomic E-state index is 0.0706. The third-order valence-corrected chi connectivity index (χ3v) is 4.78. The van der Waals surface area contributed by atoms with E-state index in [1.54, 1.807) is 4.90 Å². The van der Waals surface area contributed by atoms with Crippen LogP contribution in [0.4, 0.5) is 4.79 Å². The van der Waals surface area contributed by atoms with Gasteiger partial charge >= 0.3 is 6.03 Å². The van der Waals surface area contributed by atoms with Crippen LogP contribution in [0.5, 0.6) is 17.4 Å². The second-order valence-corrected chi connectivity index (χ2v) is 7.07. The number of aromatic nitrogens is 2. The van der Waals surface area contributed by atoms with Crippen LogP contribution < -0.4 is 19.5 Å². The van der Waals surface area contributed by atoms with Crippen molar-refractivity contribution in [3.05, 3.63) is 41.3 Å². The molecule has 2 amide bonds. The molecule has 1 N–H and O–H groups in total. The highest BCUT2D eigenvalue weighted by molar-refractivity contribution is 5.74. The van der Waals surface area contributed by atoms with Crippen LogP contribution in [-0.2, 0) is 6.54 Å². The number of piperidine rings is 1. The highest BCUT2D eigenvalue weighted by Crippen LogP contribution is 2.32. The normalized spacial score (nSPS) is 18.1. The molecule has 0 aliphatic carbocycles. The lowest BCUT2D eigenvalue weighted by Crippen LogP contribution is -2.48. The maximum absolute atomic E-state index is 12.6. The van der Waals surface area contributed by atoms with Crippen molar-refractivity contribution in [1.82, 2.24) is 20.2 Å². The van der Waals surface area contributed by atoms with Crippen molar-refractivity contribution in [2.45, 2.75) is 39.3 Å². The molecule has 3 heterocycles. The Labute approximate surface area is 163 Å². The van der Waals surface area contributed by atoms with Crippen LogP contribution >= 0.6 is 0 Å². The summed E-state index contributed by atoms with van der Waals surface area (Å²) >= 11 is 0. The first-order valence-corrected chi connectivity index (χ1v) is 9.47. The van der Waals surface area contributed by atoms with E-state index in [4.69, 9.17) is 14.2 Å². The van der Waals surface area contributed by atoms with Gasteiger partial charge in [0, 0.05) is 24.8 Å². The molecule has 2 aliphatic rings. The van der Waals surface area contributed by atoms with E-state index >= 15 is 0 Å². The standard InChI is InChI=1S/C20H24N4O4/c1-13-8-19(23-14(2)22-13)28-16-4-3-7-24(11-16)20(25)21-10-15-5-6-17-18(9-15)27-12-26-17/h5-6,8-9,16H,3-4,7,10-12H2,1-2H3,(H,21,25)/t16-/m0/s1. The fourth-order valence-electron chi connectivity index (χ4n) is 3.47. The van der Waals surface area contributed by atoms with Crippen LogP contribution in [0.2, 0.25) is 0 Å². The Morgan fingerprint density at radius 2 is 2.11 bits per heavy atom. The number of likely N-dealkylation sites (tertiary alicyclic amines) is 1. The van der Waals surface area contributed by atoms with Crippen molar-refractivity contribution in [2.24, 2.45) is 0 Å². The molecular formula is C20H24N4O4. The van der Waals surface area contributed by atoms with Crippen LogP contribution in [0.3, 0.4) is 0 Å². The quantitative estimate of drug-likeness (QED) is 0.872. The zero-order chi connectivity index (χ0) is 19.5. The molecule has 2 aromatic rings. The molecule has 1 aromatic carbocycles. The molecule has 1 aromatic heterocycles. The van der Waals surface area contributed by atoms with Gasteiger partial charge < -0.3 is 24.4 Å². The minimum atomic E-state index is -0.0963. The number of carbonyl (C=O) groups excluding carboxylic acids is 1. The van der Waals surface area contributed by atoms with E-state index in [1.807, 2.05) is 38.1 Å². The number of carbonyl (C=O) groups is 1. The molecule has 0 spiro atoms. The fourth-order valence-corrected chi connectivity index (χ4v) is 3.47. The van der Waals surface area contributed by atoms with Gasteiger partial charge in [-0.15, -0.1) is 0 Å². The molecule has 0 saturated carbocycles. The molecule has 8 nitrogen and oxygen atoms in total. The van der Waals surface area contributed by atoms with Gasteiger partial charge in [-0.05, 0) is 44.4 Å². The maximum atomic E-state index is 12.6. The van der Waals surface area contributed by atoms with Crippen LogP contribution in [0.25, 0.3) is 0 Å². The summed E-state index contributed by atoms with van der Waals surface area (Å²) in [6, 6.07) is 7.41. The summed E-state index contributed by atoms with van der Waals surface area (Å²) < 4.78 is 16.7. The Balaban J connectivity index is 1.31. The summed E-state index contributed by atoms with van der Waals surface area (Å²) in [5.74, 6) is 2.71. The predicted molar refractivity (Wildman–Crippen MR) is 102 cm³/mol. The van der Waals surface area contributed by atoms with E-state index < -0.39 is 0 Å². The van der Waals surface area contributed by atoms with Gasteiger partial charge in [0.05, 0.1) is 6.54 Å². The van der Waals surface area contributed by atoms with Gasteiger partial charge in [0.1, 0.15) is 11.9 Å². The number of hydrogen-bond donors (Lipinski definition) is 1. The number of amides is 2. The average Bonchev–Trinajstić information content (AvgIpc) is 3.13. The largest absolute Gasteiger partial charge is 0.472 e. The SMILES string of the molecule is Cc1cc(O[C@H]2CCCN(C(=O)NCc3ccc4c(c3)OCO4)C2)nc(C)n1. The van der Waals surface area contributed by atoms with E-state index in [9.17, 15) is 4.79 Å². The second kappa shape index (κ2) is 7.92. The van der Waals surface area contributed by atoms with Crippen molar-refractivity contribution >= 4 is 6.03 Å². The van der Waals surface area contributed by atoms with Crippen molar-refractivity contribution in [2.75, 3.05) is 19.9 Å². The van der Waals surface area contributed by atoms with E-state index in [0.717, 1.165) is 29.8 Å². The molecule has 2 aliphatic heterocycles. The van der Waals surface area contributed by atoms with Crippen LogP contribution in [0.15, 0.2) is 24.3 Å². The number of nitrogens with zero attached hydrogens (tertiary/aromatic N) is 3. The van der Waals surface area contributed by atoms with E-state index in [-0.39, 0.29) is 18.9 Å². The first kappa shape index (κ1) is 18.3. The summed E-state index contributed by atoms with van der Waals surface area (Å²) in [5, 5.41) is 2.97. The number of nitrogens with one attached hydrogen (secondary N) is 1. The lowest BCUT2D eigenvalue weighted by molar-refractivity contribution is 0.0974. The summed E-state index contributed by atoms with van der Waals surface area (Å²) in [5.41, 5.74) is 1.84. The Morgan fingerprint density at radius 1 is 1.25 bits per heavy atom. The summed E-state index contributed by atoms with van der Waals surface area (Å²) in [6.45, 7) is 5.69. The average molecular weight is 384 g/mol. The fraction of sp³-hybridized carbons (Fsp3) is 0.450.